The van der Waals surface area contributed by atoms with E-state index in [4.69, 9.17) is 0 Å². The zero-order chi connectivity index (χ0) is 9.52. The van der Waals surface area contributed by atoms with Crippen LogP contribution >= 0.6 is 0 Å². The molecule has 0 aromatic heterocycles. The van der Waals surface area contributed by atoms with Gasteiger partial charge in [0.15, 0.2) is 0 Å². The molecule has 1 aliphatic rings. The molecule has 13 heavy (non-hydrogen) atoms. The Morgan fingerprint density at radius 2 is 1.46 bits per heavy atom. The van der Waals surface area contributed by atoms with Gasteiger partial charge in [-0.3, -0.25) is 0 Å². The lowest BCUT2D eigenvalue weighted by molar-refractivity contribution is 1.52. The second-order valence-electron chi connectivity index (χ2n) is 2.95. The van der Waals surface area contributed by atoms with Crippen molar-refractivity contribution in [2.75, 3.05) is 0 Å². The molecule has 0 amide bonds. The van der Waals surface area contributed by atoms with Crippen molar-refractivity contribution in [1.29, 1.82) is 0 Å². The predicted octanol–water partition coefficient (Wildman–Crippen LogP) is 3.73. The first-order chi connectivity index (χ1) is 6.29. The van der Waals surface area contributed by atoms with Crippen molar-refractivity contribution in [1.82, 2.24) is 0 Å². The standard InChI is InChI=1S/C13H14/c1-12-8-5-3-4-6-9-13(2)11-7-10-12/h3-11H,1H2,2H3. The Hall–Kier alpha value is -1.56. The van der Waals surface area contributed by atoms with E-state index < -0.39 is 0 Å². The predicted molar refractivity (Wildman–Crippen MR) is 59.5 cm³/mol. The van der Waals surface area contributed by atoms with Crippen LogP contribution in [0.4, 0.5) is 0 Å². The van der Waals surface area contributed by atoms with Gasteiger partial charge in [-0.25, -0.2) is 0 Å². The minimum absolute atomic E-state index is 1.01. The van der Waals surface area contributed by atoms with Gasteiger partial charge in [-0.2, -0.15) is 0 Å². The van der Waals surface area contributed by atoms with Crippen molar-refractivity contribution < 1.29 is 0 Å². The van der Waals surface area contributed by atoms with Crippen molar-refractivity contribution in [3.8, 4) is 0 Å². The summed E-state index contributed by atoms with van der Waals surface area (Å²) in [6, 6.07) is 0. The van der Waals surface area contributed by atoms with Crippen molar-refractivity contribution in [2.24, 2.45) is 0 Å². The first kappa shape index (κ1) is 9.53. The molecule has 0 aromatic carbocycles. The SMILES string of the molecule is C=C1C=CC=CC=CC(C)=CC=C1. The van der Waals surface area contributed by atoms with E-state index in [-0.39, 0.29) is 0 Å². The van der Waals surface area contributed by atoms with Crippen molar-refractivity contribution >= 4 is 0 Å². The fourth-order valence-electron chi connectivity index (χ4n) is 0.949. The van der Waals surface area contributed by atoms with Crippen molar-refractivity contribution in [2.45, 2.75) is 6.92 Å². The molecule has 1 rings (SSSR count). The van der Waals surface area contributed by atoms with Crippen molar-refractivity contribution in [3.05, 3.63) is 72.4 Å². The largest absolute Gasteiger partial charge is 0.0918 e. The van der Waals surface area contributed by atoms with E-state index in [1.54, 1.807) is 0 Å². The molecule has 0 bridgehead atoms. The highest BCUT2D eigenvalue weighted by atomic mass is 13.9. The first-order valence-electron chi connectivity index (χ1n) is 4.34. The van der Waals surface area contributed by atoms with Gasteiger partial charge in [0.25, 0.3) is 0 Å². The number of allylic oxidation sites excluding steroid dienone is 11. The highest BCUT2D eigenvalue weighted by Crippen LogP contribution is 2.01. The third-order valence-corrected chi connectivity index (χ3v) is 1.67. The van der Waals surface area contributed by atoms with E-state index in [2.05, 4.69) is 25.7 Å². The van der Waals surface area contributed by atoms with Gasteiger partial charge in [-0.1, -0.05) is 66.8 Å². The molecule has 0 heterocycles. The van der Waals surface area contributed by atoms with Crippen LogP contribution in [0.15, 0.2) is 72.4 Å². The molecule has 0 N–H and O–H groups in total. The van der Waals surface area contributed by atoms with Crippen LogP contribution in [0.25, 0.3) is 0 Å². The Morgan fingerprint density at radius 1 is 0.846 bits per heavy atom. The van der Waals surface area contributed by atoms with Crippen LogP contribution in [0.1, 0.15) is 6.92 Å². The van der Waals surface area contributed by atoms with Crippen LogP contribution in [0.5, 0.6) is 0 Å². The van der Waals surface area contributed by atoms with Crippen molar-refractivity contribution in [3.63, 3.8) is 0 Å². The number of hydrogen-bond acceptors (Lipinski definition) is 0. The summed E-state index contributed by atoms with van der Waals surface area (Å²) >= 11 is 0. The maximum absolute atomic E-state index is 3.89. The fraction of sp³-hybridized carbons (Fsp3) is 0.0769. The number of hydrogen-bond donors (Lipinski definition) is 0. The Labute approximate surface area is 80.0 Å². The Bertz CT molecular complexity index is 320. The van der Waals surface area contributed by atoms with Gasteiger partial charge >= 0.3 is 0 Å². The average molecular weight is 170 g/mol. The van der Waals surface area contributed by atoms with Crippen LogP contribution in [0.3, 0.4) is 0 Å². The van der Waals surface area contributed by atoms with Crippen LogP contribution in [0.2, 0.25) is 0 Å². The van der Waals surface area contributed by atoms with Crippen LogP contribution in [0, 0.1) is 0 Å². The van der Waals surface area contributed by atoms with Gasteiger partial charge in [0.2, 0.25) is 0 Å². The van der Waals surface area contributed by atoms with E-state index in [1.807, 2.05) is 42.5 Å². The summed E-state index contributed by atoms with van der Waals surface area (Å²) in [4.78, 5) is 0. The summed E-state index contributed by atoms with van der Waals surface area (Å²) in [5.74, 6) is 0. The summed E-state index contributed by atoms with van der Waals surface area (Å²) in [6.45, 7) is 5.96. The van der Waals surface area contributed by atoms with E-state index in [0.29, 0.717) is 0 Å². The summed E-state index contributed by atoms with van der Waals surface area (Å²) < 4.78 is 0. The Morgan fingerprint density at radius 3 is 2.23 bits per heavy atom. The lowest BCUT2D eigenvalue weighted by Crippen LogP contribution is -1.66. The molecular weight excluding hydrogens is 156 g/mol. The second kappa shape index (κ2) is 5.15. The highest BCUT2D eigenvalue weighted by molar-refractivity contribution is 5.35. The molecule has 0 nitrogen and oxygen atoms in total. The zero-order valence-corrected chi connectivity index (χ0v) is 7.90. The molecule has 66 valence electrons. The third kappa shape index (κ3) is 4.12. The second-order valence-corrected chi connectivity index (χ2v) is 2.95. The van der Waals surface area contributed by atoms with Crippen LogP contribution < -0.4 is 0 Å². The summed E-state index contributed by atoms with van der Waals surface area (Å²) in [5, 5.41) is 0. The molecule has 0 saturated heterocycles. The minimum Gasteiger partial charge on any atom is -0.0918 e. The maximum Gasteiger partial charge on any atom is -0.0329 e. The van der Waals surface area contributed by atoms with Gasteiger partial charge in [-0.05, 0) is 12.5 Å². The molecule has 1 aliphatic carbocycles. The first-order valence-corrected chi connectivity index (χ1v) is 4.34. The number of rotatable bonds is 0. The smallest absolute Gasteiger partial charge is 0.0329 e. The normalized spacial score (nSPS) is 17.0. The van der Waals surface area contributed by atoms with Crippen LogP contribution in [-0.4, -0.2) is 0 Å². The summed E-state index contributed by atoms with van der Waals surface area (Å²) in [6.07, 6.45) is 18.1. The van der Waals surface area contributed by atoms with Gasteiger partial charge in [0.05, 0.1) is 0 Å². The van der Waals surface area contributed by atoms with Gasteiger partial charge in [-0.15, -0.1) is 0 Å². The van der Waals surface area contributed by atoms with E-state index in [0.717, 1.165) is 5.57 Å². The molecule has 0 aromatic rings. The summed E-state index contributed by atoms with van der Waals surface area (Å²) in [5.41, 5.74) is 2.24. The quantitative estimate of drug-likeness (QED) is 0.519. The average Bonchev–Trinajstić information content (AvgIpc) is 2.13. The van der Waals surface area contributed by atoms with Gasteiger partial charge < -0.3 is 0 Å². The molecule has 0 aliphatic heterocycles. The van der Waals surface area contributed by atoms with Gasteiger partial charge in [0, 0.05) is 0 Å². The third-order valence-electron chi connectivity index (χ3n) is 1.67. The van der Waals surface area contributed by atoms with E-state index in [1.165, 1.54) is 5.57 Å². The molecule has 0 radical (unpaired) electrons. The molecule has 0 fully saturated rings. The van der Waals surface area contributed by atoms with Crippen LogP contribution in [-0.2, 0) is 0 Å². The molecular formula is C13H14. The van der Waals surface area contributed by atoms with E-state index >= 15 is 0 Å². The molecule has 0 heteroatoms. The monoisotopic (exact) mass is 170 g/mol. The molecule has 0 spiro atoms. The fourth-order valence-corrected chi connectivity index (χ4v) is 0.949. The van der Waals surface area contributed by atoms with E-state index in [9.17, 15) is 0 Å². The minimum atomic E-state index is 1.01. The molecule has 0 unspecified atom stereocenters. The maximum atomic E-state index is 3.89. The lowest BCUT2D eigenvalue weighted by atomic mass is 10.2. The summed E-state index contributed by atoms with van der Waals surface area (Å²) in [7, 11) is 0. The zero-order valence-electron chi connectivity index (χ0n) is 7.90. The van der Waals surface area contributed by atoms with Gasteiger partial charge in [0.1, 0.15) is 0 Å². The highest BCUT2D eigenvalue weighted by Gasteiger charge is 1.80. The molecule has 0 atom stereocenters. The molecule has 0 saturated carbocycles. The topological polar surface area (TPSA) is 0 Å². The Balaban J connectivity index is 2.88. The Kier molecular flexibility index (Phi) is 3.77. The lowest BCUT2D eigenvalue weighted by Gasteiger charge is -1.87.